The van der Waals surface area contributed by atoms with Crippen LogP contribution >= 0.6 is 0 Å². The molecule has 0 aliphatic heterocycles. The molecule has 0 radical (unpaired) electrons. The minimum atomic E-state index is -0.162. The molecule has 0 unspecified atom stereocenters. The molecule has 2 heterocycles. The number of aromatic nitrogens is 3. The van der Waals surface area contributed by atoms with Crippen molar-refractivity contribution in [2.24, 2.45) is 5.73 Å². The Bertz CT molecular complexity index is 1080. The van der Waals surface area contributed by atoms with E-state index in [2.05, 4.69) is 30.7 Å². The molecule has 1 aromatic carbocycles. The molecule has 3 aromatic rings. The molecule has 132 valence electrons. The molecule has 3 N–H and O–H groups in total. The number of rotatable bonds is 5. The minimum Gasteiger partial charge on any atom is -0.405 e. The van der Waals surface area contributed by atoms with Gasteiger partial charge in [-0.3, -0.25) is 9.89 Å². The van der Waals surface area contributed by atoms with Gasteiger partial charge in [0.2, 0.25) is 0 Å². The van der Waals surface area contributed by atoms with Crippen molar-refractivity contribution < 1.29 is 0 Å². The van der Waals surface area contributed by atoms with Gasteiger partial charge in [0.05, 0.1) is 5.69 Å². The average molecular weight is 346 g/mol. The third kappa shape index (κ3) is 3.24. The maximum Gasteiger partial charge on any atom is 0.273 e. The molecule has 2 aromatic heterocycles. The Morgan fingerprint density at radius 3 is 2.81 bits per heavy atom. The van der Waals surface area contributed by atoms with Crippen LogP contribution in [0.2, 0.25) is 0 Å². The highest BCUT2D eigenvalue weighted by Gasteiger charge is 2.15. The van der Waals surface area contributed by atoms with Crippen LogP contribution < -0.4 is 11.3 Å². The Labute approximate surface area is 152 Å². The van der Waals surface area contributed by atoms with Gasteiger partial charge in [-0.05, 0) is 37.3 Å². The van der Waals surface area contributed by atoms with Gasteiger partial charge in [-0.15, -0.1) is 0 Å². The topological polar surface area (TPSA) is 76.2 Å². The van der Waals surface area contributed by atoms with Crippen molar-refractivity contribution in [3.63, 3.8) is 0 Å². The van der Waals surface area contributed by atoms with Gasteiger partial charge in [0.25, 0.3) is 5.56 Å². The van der Waals surface area contributed by atoms with E-state index in [1.54, 1.807) is 18.2 Å². The Morgan fingerprint density at radius 1 is 1.35 bits per heavy atom. The molecule has 0 aliphatic rings. The largest absolute Gasteiger partial charge is 0.405 e. The van der Waals surface area contributed by atoms with Crippen LogP contribution in [0.15, 0.2) is 66.1 Å². The van der Waals surface area contributed by atoms with Crippen LogP contribution in [0, 0.1) is 13.8 Å². The number of allylic oxidation sites excluding steroid dienone is 4. The molecule has 0 spiro atoms. The fraction of sp³-hybridized carbons (Fsp3) is 0.143. The summed E-state index contributed by atoms with van der Waals surface area (Å²) in [6.07, 6.45) is 7.27. The molecular weight excluding hydrogens is 324 g/mol. The van der Waals surface area contributed by atoms with Gasteiger partial charge in [0.15, 0.2) is 5.65 Å². The van der Waals surface area contributed by atoms with Gasteiger partial charge < -0.3 is 5.73 Å². The van der Waals surface area contributed by atoms with Crippen LogP contribution in [-0.2, 0) is 6.42 Å². The molecule has 26 heavy (non-hydrogen) atoms. The lowest BCUT2D eigenvalue weighted by atomic mass is 10.0. The Morgan fingerprint density at radius 2 is 2.12 bits per heavy atom. The standard InChI is InChI=1S/C21H22N4O/c1-4-7-16(10-11-22)19-13-20(26)25-21(23-19)18(15(3)24-25)12-17-9-6-5-8-14(17)2/h4-11,13,24H,1,12,22H2,2-3H3/b11-10-,16-7+. The summed E-state index contributed by atoms with van der Waals surface area (Å²) in [5.74, 6) is 0. The number of benzene rings is 1. The Hall–Kier alpha value is -3.34. The number of aryl methyl sites for hydroxylation is 2. The number of nitrogens with zero attached hydrogens (tertiary/aromatic N) is 2. The number of H-pyrrole nitrogens is 1. The van der Waals surface area contributed by atoms with Crippen LogP contribution in [0.5, 0.6) is 0 Å². The second kappa shape index (κ2) is 7.27. The fourth-order valence-electron chi connectivity index (χ4n) is 3.01. The number of nitrogens with one attached hydrogen (secondary N) is 1. The maximum absolute atomic E-state index is 12.6. The van der Waals surface area contributed by atoms with Gasteiger partial charge in [-0.25, -0.2) is 9.50 Å². The molecule has 0 bridgehead atoms. The molecule has 0 saturated heterocycles. The lowest BCUT2D eigenvalue weighted by Crippen LogP contribution is -2.15. The summed E-state index contributed by atoms with van der Waals surface area (Å²) in [5.41, 5.74) is 11.7. The number of hydrogen-bond donors (Lipinski definition) is 2. The van der Waals surface area contributed by atoms with E-state index in [-0.39, 0.29) is 5.56 Å². The molecule has 5 heteroatoms. The van der Waals surface area contributed by atoms with Gasteiger partial charge in [0.1, 0.15) is 0 Å². The molecule has 5 nitrogen and oxygen atoms in total. The summed E-state index contributed by atoms with van der Waals surface area (Å²) in [6.45, 7) is 7.76. The number of aromatic amines is 1. The van der Waals surface area contributed by atoms with Crippen LogP contribution in [0.3, 0.4) is 0 Å². The highest BCUT2D eigenvalue weighted by molar-refractivity contribution is 5.74. The minimum absolute atomic E-state index is 0.162. The van der Waals surface area contributed by atoms with Crippen molar-refractivity contribution >= 4 is 11.2 Å². The summed E-state index contributed by atoms with van der Waals surface area (Å²) in [5, 5.41) is 3.12. The van der Waals surface area contributed by atoms with Gasteiger partial charge >= 0.3 is 0 Å². The molecule has 3 rings (SSSR count). The van der Waals surface area contributed by atoms with Crippen LogP contribution in [0.25, 0.3) is 11.2 Å². The van der Waals surface area contributed by atoms with Gasteiger partial charge in [-0.1, -0.05) is 43.0 Å². The van der Waals surface area contributed by atoms with E-state index in [1.165, 1.54) is 27.9 Å². The monoisotopic (exact) mass is 346 g/mol. The molecular formula is C21H22N4O. The zero-order chi connectivity index (χ0) is 18.7. The predicted molar refractivity (Wildman–Crippen MR) is 106 cm³/mol. The smallest absolute Gasteiger partial charge is 0.273 e. The predicted octanol–water partition coefficient (Wildman–Crippen LogP) is 3.27. The highest BCUT2D eigenvalue weighted by atomic mass is 16.1. The average Bonchev–Trinajstić information content (AvgIpc) is 2.93. The van der Waals surface area contributed by atoms with Crippen molar-refractivity contribution in [1.82, 2.24) is 14.6 Å². The van der Waals surface area contributed by atoms with E-state index in [1.807, 2.05) is 19.1 Å². The first kappa shape index (κ1) is 17.5. The van der Waals surface area contributed by atoms with Crippen LogP contribution in [0.4, 0.5) is 0 Å². The first-order valence-corrected chi connectivity index (χ1v) is 8.42. The Kier molecular flexibility index (Phi) is 4.89. The first-order valence-electron chi connectivity index (χ1n) is 8.42. The fourth-order valence-corrected chi connectivity index (χ4v) is 3.01. The first-order chi connectivity index (χ1) is 12.5. The summed E-state index contributed by atoms with van der Waals surface area (Å²) in [7, 11) is 0. The highest BCUT2D eigenvalue weighted by Crippen LogP contribution is 2.21. The van der Waals surface area contributed by atoms with E-state index in [9.17, 15) is 4.79 Å². The number of nitrogens with two attached hydrogens (primary N) is 1. The summed E-state index contributed by atoms with van der Waals surface area (Å²) in [4.78, 5) is 17.3. The van der Waals surface area contributed by atoms with Crippen molar-refractivity contribution in [2.75, 3.05) is 0 Å². The van der Waals surface area contributed by atoms with Crippen molar-refractivity contribution in [3.05, 3.63) is 99.8 Å². The summed E-state index contributed by atoms with van der Waals surface area (Å²) in [6, 6.07) is 9.72. The molecule has 0 aliphatic carbocycles. The van der Waals surface area contributed by atoms with E-state index in [4.69, 9.17) is 10.7 Å². The van der Waals surface area contributed by atoms with Crippen molar-refractivity contribution in [1.29, 1.82) is 0 Å². The lowest BCUT2D eigenvalue weighted by Gasteiger charge is -2.06. The maximum atomic E-state index is 12.6. The summed E-state index contributed by atoms with van der Waals surface area (Å²) < 4.78 is 1.49. The van der Waals surface area contributed by atoms with Crippen molar-refractivity contribution in [2.45, 2.75) is 20.3 Å². The number of fused-ring (bicyclic) bond motifs is 1. The van der Waals surface area contributed by atoms with E-state index in [0.29, 0.717) is 17.8 Å². The van der Waals surface area contributed by atoms with Crippen LogP contribution in [0.1, 0.15) is 28.1 Å². The number of hydrogen-bond acceptors (Lipinski definition) is 3. The van der Waals surface area contributed by atoms with E-state index < -0.39 is 0 Å². The van der Waals surface area contributed by atoms with Gasteiger partial charge in [-0.2, -0.15) is 0 Å². The van der Waals surface area contributed by atoms with Gasteiger partial charge in [0, 0.05) is 29.3 Å². The third-order valence-corrected chi connectivity index (χ3v) is 4.42. The van der Waals surface area contributed by atoms with E-state index >= 15 is 0 Å². The second-order valence-electron chi connectivity index (χ2n) is 6.17. The Balaban J connectivity index is 2.20. The third-order valence-electron chi connectivity index (χ3n) is 4.42. The zero-order valence-electron chi connectivity index (χ0n) is 15.0. The SMILES string of the molecule is C=C/C=C(\C=C/N)c1cc(=O)n2[nH]c(C)c(Cc3ccccc3C)c2n1. The quantitative estimate of drug-likeness (QED) is 0.696. The molecule has 0 atom stereocenters. The van der Waals surface area contributed by atoms with Crippen molar-refractivity contribution in [3.8, 4) is 0 Å². The van der Waals surface area contributed by atoms with Crippen LogP contribution in [-0.4, -0.2) is 14.6 Å². The zero-order valence-corrected chi connectivity index (χ0v) is 15.0. The second-order valence-corrected chi connectivity index (χ2v) is 6.17. The molecule has 0 amide bonds. The molecule has 0 fully saturated rings. The molecule has 0 saturated carbocycles. The normalized spacial score (nSPS) is 12.2. The summed E-state index contributed by atoms with van der Waals surface area (Å²) >= 11 is 0. The van der Waals surface area contributed by atoms with E-state index in [0.717, 1.165) is 16.8 Å². The lowest BCUT2D eigenvalue weighted by molar-refractivity contribution is 0.878.